The average molecular weight is 257 g/mol. The molecule has 1 aliphatic heterocycles. The van der Waals surface area contributed by atoms with Gasteiger partial charge in [-0.05, 0) is 33.2 Å². The van der Waals surface area contributed by atoms with E-state index in [1.54, 1.807) is 0 Å². The van der Waals surface area contributed by atoms with Crippen LogP contribution in [0.4, 0.5) is 0 Å². The van der Waals surface area contributed by atoms with Gasteiger partial charge in [-0.2, -0.15) is 0 Å². The fourth-order valence-corrected chi connectivity index (χ4v) is 2.27. The zero-order chi connectivity index (χ0) is 13.8. The molecule has 1 saturated heterocycles. The Morgan fingerprint density at radius 3 is 2.78 bits per heavy atom. The lowest BCUT2D eigenvalue weighted by Crippen LogP contribution is -2.47. The summed E-state index contributed by atoms with van der Waals surface area (Å²) in [5.41, 5.74) is 5.45. The summed E-state index contributed by atoms with van der Waals surface area (Å²) in [5.74, 6) is 0.311. The smallest absolute Gasteiger partial charge is 0.144 e. The van der Waals surface area contributed by atoms with E-state index in [1.807, 2.05) is 13.8 Å². The molecule has 0 aromatic carbocycles. The van der Waals surface area contributed by atoms with Crippen LogP contribution >= 0.6 is 0 Å². The Labute approximate surface area is 110 Å². The third-order valence-electron chi connectivity index (χ3n) is 3.79. The third-order valence-corrected chi connectivity index (χ3v) is 3.79. The normalized spacial score (nSPS) is 27.4. The zero-order valence-electron chi connectivity index (χ0n) is 12.0. The highest BCUT2D eigenvalue weighted by atomic mass is 16.5. The lowest BCUT2D eigenvalue weighted by atomic mass is 9.86. The van der Waals surface area contributed by atoms with E-state index in [9.17, 15) is 0 Å². The largest absolute Gasteiger partial charge is 0.409 e. The fraction of sp³-hybridized carbons (Fsp3) is 0.923. The maximum Gasteiger partial charge on any atom is 0.144 e. The summed E-state index contributed by atoms with van der Waals surface area (Å²) in [5, 5.41) is 11.8. The monoisotopic (exact) mass is 257 g/mol. The van der Waals surface area contributed by atoms with E-state index >= 15 is 0 Å². The van der Waals surface area contributed by atoms with Gasteiger partial charge in [0.15, 0.2) is 0 Å². The zero-order valence-corrected chi connectivity index (χ0v) is 12.0. The molecule has 18 heavy (non-hydrogen) atoms. The van der Waals surface area contributed by atoms with Crippen molar-refractivity contribution in [1.29, 1.82) is 0 Å². The Balaban J connectivity index is 2.37. The second-order valence-corrected chi connectivity index (χ2v) is 5.96. The van der Waals surface area contributed by atoms with Crippen molar-refractivity contribution < 1.29 is 9.94 Å². The first kappa shape index (κ1) is 15.2. The summed E-state index contributed by atoms with van der Waals surface area (Å²) in [4.78, 5) is 2.45. The predicted molar refractivity (Wildman–Crippen MR) is 72.9 cm³/mol. The molecular formula is C13H27N3O2. The molecule has 1 aliphatic rings. The van der Waals surface area contributed by atoms with Gasteiger partial charge in [0, 0.05) is 18.0 Å². The summed E-state index contributed by atoms with van der Waals surface area (Å²) < 4.78 is 5.61. The van der Waals surface area contributed by atoms with Crippen LogP contribution in [0.25, 0.3) is 0 Å². The molecule has 0 aromatic heterocycles. The molecular weight excluding hydrogens is 230 g/mol. The summed E-state index contributed by atoms with van der Waals surface area (Å²) >= 11 is 0. The van der Waals surface area contributed by atoms with Crippen LogP contribution in [0.3, 0.4) is 0 Å². The molecule has 0 aliphatic carbocycles. The van der Waals surface area contributed by atoms with E-state index < -0.39 is 0 Å². The van der Waals surface area contributed by atoms with Gasteiger partial charge in [0.25, 0.3) is 0 Å². The highest BCUT2D eigenvalue weighted by Crippen LogP contribution is 2.23. The van der Waals surface area contributed by atoms with Gasteiger partial charge in [0.2, 0.25) is 0 Å². The minimum absolute atomic E-state index is 0.240. The molecule has 1 rings (SSSR count). The molecule has 2 unspecified atom stereocenters. The highest BCUT2D eigenvalue weighted by molar-refractivity contribution is 5.85. The number of rotatable bonds is 5. The van der Waals surface area contributed by atoms with Crippen molar-refractivity contribution in [3.8, 4) is 0 Å². The number of morpholine rings is 1. The minimum atomic E-state index is -0.240. The SMILES string of the molecule is CC1CN(CCCC(C)(C)C(N)=NO)C(C)CO1. The topological polar surface area (TPSA) is 71.1 Å². The summed E-state index contributed by atoms with van der Waals surface area (Å²) in [7, 11) is 0. The number of amidine groups is 1. The number of hydrogen-bond donors (Lipinski definition) is 2. The lowest BCUT2D eigenvalue weighted by Gasteiger charge is -2.37. The van der Waals surface area contributed by atoms with Gasteiger partial charge in [-0.25, -0.2) is 0 Å². The number of nitrogens with two attached hydrogens (primary N) is 1. The highest BCUT2D eigenvalue weighted by Gasteiger charge is 2.26. The summed E-state index contributed by atoms with van der Waals surface area (Å²) in [6.07, 6.45) is 2.28. The molecule has 2 atom stereocenters. The molecule has 0 amide bonds. The first-order chi connectivity index (χ1) is 8.36. The first-order valence-corrected chi connectivity index (χ1v) is 6.70. The van der Waals surface area contributed by atoms with Crippen LogP contribution in [0.1, 0.15) is 40.5 Å². The van der Waals surface area contributed by atoms with Gasteiger partial charge in [-0.15, -0.1) is 0 Å². The van der Waals surface area contributed by atoms with Crippen molar-refractivity contribution in [3.63, 3.8) is 0 Å². The van der Waals surface area contributed by atoms with E-state index in [1.165, 1.54) is 0 Å². The molecule has 0 saturated carbocycles. The minimum Gasteiger partial charge on any atom is -0.409 e. The van der Waals surface area contributed by atoms with Crippen LogP contribution in [-0.4, -0.2) is 47.8 Å². The molecule has 1 heterocycles. The molecule has 0 spiro atoms. The van der Waals surface area contributed by atoms with Crippen molar-refractivity contribution in [2.24, 2.45) is 16.3 Å². The van der Waals surface area contributed by atoms with E-state index in [0.717, 1.165) is 32.5 Å². The molecule has 5 heteroatoms. The van der Waals surface area contributed by atoms with E-state index in [4.69, 9.17) is 15.7 Å². The second kappa shape index (κ2) is 6.38. The van der Waals surface area contributed by atoms with Crippen LogP contribution in [0.2, 0.25) is 0 Å². The van der Waals surface area contributed by atoms with Crippen LogP contribution in [0.5, 0.6) is 0 Å². The lowest BCUT2D eigenvalue weighted by molar-refractivity contribution is -0.0499. The number of hydrogen-bond acceptors (Lipinski definition) is 4. The Morgan fingerprint density at radius 2 is 2.17 bits per heavy atom. The Morgan fingerprint density at radius 1 is 1.50 bits per heavy atom. The van der Waals surface area contributed by atoms with Gasteiger partial charge in [0.1, 0.15) is 5.84 Å². The second-order valence-electron chi connectivity index (χ2n) is 5.96. The van der Waals surface area contributed by atoms with E-state index in [2.05, 4.69) is 23.9 Å². The van der Waals surface area contributed by atoms with Gasteiger partial charge >= 0.3 is 0 Å². The van der Waals surface area contributed by atoms with E-state index in [0.29, 0.717) is 18.0 Å². The van der Waals surface area contributed by atoms with Crippen molar-refractivity contribution in [1.82, 2.24) is 4.90 Å². The first-order valence-electron chi connectivity index (χ1n) is 6.70. The maximum absolute atomic E-state index is 8.73. The molecule has 106 valence electrons. The average Bonchev–Trinajstić information content (AvgIpc) is 2.32. The third kappa shape index (κ3) is 4.14. The molecule has 0 aromatic rings. The number of ether oxygens (including phenoxy) is 1. The predicted octanol–water partition coefficient (Wildman–Crippen LogP) is 1.65. The molecule has 5 nitrogen and oxygen atoms in total. The number of nitrogens with zero attached hydrogens (tertiary/aromatic N) is 2. The van der Waals surface area contributed by atoms with Crippen molar-refractivity contribution in [3.05, 3.63) is 0 Å². The van der Waals surface area contributed by atoms with Gasteiger partial charge in [-0.1, -0.05) is 19.0 Å². The molecule has 0 radical (unpaired) electrons. The standard InChI is InChI=1S/C13H27N3O2/c1-10-9-18-11(2)8-16(10)7-5-6-13(3,4)12(14)15-17/h10-11,17H,5-9H2,1-4H3,(H2,14,15). The number of oxime groups is 1. The maximum atomic E-state index is 8.73. The summed E-state index contributed by atoms with van der Waals surface area (Å²) in [6, 6.07) is 0.480. The molecule has 0 bridgehead atoms. The van der Waals surface area contributed by atoms with Crippen molar-refractivity contribution in [2.45, 2.75) is 52.7 Å². The Hall–Kier alpha value is -0.810. The Bertz CT molecular complexity index is 292. The Kier molecular flexibility index (Phi) is 5.41. The van der Waals surface area contributed by atoms with E-state index in [-0.39, 0.29) is 5.41 Å². The van der Waals surface area contributed by atoms with Crippen molar-refractivity contribution in [2.75, 3.05) is 19.7 Å². The van der Waals surface area contributed by atoms with Gasteiger partial charge < -0.3 is 15.7 Å². The fourth-order valence-electron chi connectivity index (χ4n) is 2.27. The summed E-state index contributed by atoms with van der Waals surface area (Å²) in [6.45, 7) is 11.2. The van der Waals surface area contributed by atoms with Crippen LogP contribution < -0.4 is 5.73 Å². The van der Waals surface area contributed by atoms with Crippen molar-refractivity contribution >= 4 is 5.84 Å². The van der Waals surface area contributed by atoms with Crippen LogP contribution in [-0.2, 0) is 4.74 Å². The molecule has 3 N–H and O–H groups in total. The van der Waals surface area contributed by atoms with Gasteiger partial charge in [0.05, 0.1) is 12.7 Å². The van der Waals surface area contributed by atoms with Gasteiger partial charge in [-0.3, -0.25) is 4.90 Å². The molecule has 1 fully saturated rings. The quantitative estimate of drug-likeness (QED) is 0.340. The van der Waals surface area contributed by atoms with Crippen LogP contribution in [0, 0.1) is 5.41 Å². The van der Waals surface area contributed by atoms with Crippen LogP contribution in [0.15, 0.2) is 5.16 Å².